The molecule has 0 radical (unpaired) electrons. The summed E-state index contributed by atoms with van der Waals surface area (Å²) in [4.78, 5) is 38.8. The van der Waals surface area contributed by atoms with E-state index >= 15 is 0 Å². The first-order valence-electron chi connectivity index (χ1n) is 11.6. The van der Waals surface area contributed by atoms with Crippen LogP contribution in [0.15, 0.2) is 42.7 Å². The van der Waals surface area contributed by atoms with Crippen LogP contribution in [0.4, 0.5) is 17.3 Å². The van der Waals surface area contributed by atoms with Crippen LogP contribution in [-0.2, 0) is 4.79 Å². The zero-order chi connectivity index (χ0) is 23.0. The molecule has 10 heteroatoms. The number of nitro benzene ring substituents is 1. The highest BCUT2D eigenvalue weighted by atomic mass is 16.6. The van der Waals surface area contributed by atoms with Gasteiger partial charge in [-0.1, -0.05) is 12.1 Å². The summed E-state index contributed by atoms with van der Waals surface area (Å²) in [6.45, 7) is 6.69. The molecule has 4 rings (SSSR count). The summed E-state index contributed by atoms with van der Waals surface area (Å²) in [5.74, 6) is 0.860. The maximum Gasteiger partial charge on any atom is 0.292 e. The summed E-state index contributed by atoms with van der Waals surface area (Å²) in [5, 5.41) is 14.4. The number of carbonyl (C=O) groups excluding carboxylic acids is 1. The average Bonchev–Trinajstić information content (AvgIpc) is 2.87. The van der Waals surface area contributed by atoms with Crippen molar-refractivity contribution in [2.45, 2.75) is 19.3 Å². The lowest BCUT2D eigenvalue weighted by molar-refractivity contribution is -0.384. The molecule has 0 unspecified atom stereocenters. The van der Waals surface area contributed by atoms with Gasteiger partial charge in [-0.3, -0.25) is 19.8 Å². The fourth-order valence-electron chi connectivity index (χ4n) is 4.55. The molecule has 1 aromatic carbocycles. The molecular formula is C23H31N7O3. The monoisotopic (exact) mass is 453 g/mol. The van der Waals surface area contributed by atoms with Crippen molar-refractivity contribution in [3.05, 3.63) is 52.8 Å². The molecule has 2 aromatic rings. The Morgan fingerprint density at radius 1 is 1.00 bits per heavy atom. The molecule has 0 saturated carbocycles. The summed E-state index contributed by atoms with van der Waals surface area (Å²) in [5.41, 5.74) is 0.762. The number of anilines is 2. The van der Waals surface area contributed by atoms with Crippen molar-refractivity contribution in [2.24, 2.45) is 5.92 Å². The van der Waals surface area contributed by atoms with Crippen LogP contribution in [0.2, 0.25) is 0 Å². The lowest BCUT2D eigenvalue weighted by Crippen LogP contribution is -2.47. The molecule has 2 aliphatic rings. The number of hydrogen-bond acceptors (Lipinski definition) is 8. The van der Waals surface area contributed by atoms with E-state index in [4.69, 9.17) is 0 Å². The van der Waals surface area contributed by atoms with Gasteiger partial charge in [-0.25, -0.2) is 9.97 Å². The summed E-state index contributed by atoms with van der Waals surface area (Å²) < 4.78 is 0. The zero-order valence-corrected chi connectivity index (χ0v) is 18.8. The molecule has 2 fully saturated rings. The highest BCUT2D eigenvalue weighted by molar-refractivity contribution is 5.79. The van der Waals surface area contributed by atoms with Crippen LogP contribution in [0, 0.1) is 16.0 Å². The van der Waals surface area contributed by atoms with E-state index < -0.39 is 0 Å². The third-order valence-corrected chi connectivity index (χ3v) is 6.44. The van der Waals surface area contributed by atoms with Crippen molar-refractivity contribution in [2.75, 3.05) is 62.2 Å². The number of carbonyl (C=O) groups is 1. The Hall–Kier alpha value is -3.27. The molecule has 10 nitrogen and oxygen atoms in total. The third-order valence-electron chi connectivity index (χ3n) is 6.44. The Labute approximate surface area is 193 Å². The minimum atomic E-state index is -0.344. The summed E-state index contributed by atoms with van der Waals surface area (Å²) in [7, 11) is 0. The van der Waals surface area contributed by atoms with Crippen molar-refractivity contribution in [3.8, 4) is 0 Å². The van der Waals surface area contributed by atoms with Gasteiger partial charge in [0.05, 0.1) is 4.92 Å². The largest absolute Gasteiger partial charge is 0.366 e. The SMILES string of the molecule is O=C(NCCCN1CCN(c2ncccn2)CC1)C1CCN(c2ccccc2[N+](=O)[O-])CC1. The van der Waals surface area contributed by atoms with E-state index in [1.165, 1.54) is 6.07 Å². The van der Waals surface area contributed by atoms with Gasteiger partial charge in [-0.05, 0) is 37.9 Å². The number of benzene rings is 1. The van der Waals surface area contributed by atoms with Crippen LogP contribution in [0.5, 0.6) is 0 Å². The lowest BCUT2D eigenvalue weighted by atomic mass is 9.95. The molecule has 0 atom stereocenters. The fourth-order valence-corrected chi connectivity index (χ4v) is 4.55. The van der Waals surface area contributed by atoms with Gasteiger partial charge in [-0.2, -0.15) is 0 Å². The molecular weight excluding hydrogens is 422 g/mol. The van der Waals surface area contributed by atoms with Gasteiger partial charge >= 0.3 is 0 Å². The molecule has 0 bridgehead atoms. The second kappa shape index (κ2) is 11.0. The van der Waals surface area contributed by atoms with Crippen LogP contribution >= 0.6 is 0 Å². The molecule has 2 saturated heterocycles. The summed E-state index contributed by atoms with van der Waals surface area (Å²) >= 11 is 0. The number of piperidine rings is 1. The smallest absolute Gasteiger partial charge is 0.292 e. The number of rotatable bonds is 8. The highest BCUT2D eigenvalue weighted by Gasteiger charge is 2.28. The van der Waals surface area contributed by atoms with Gasteiger partial charge in [0, 0.05) is 70.2 Å². The Kier molecular flexibility index (Phi) is 7.66. The van der Waals surface area contributed by atoms with E-state index in [1.54, 1.807) is 24.5 Å². The second-order valence-corrected chi connectivity index (χ2v) is 8.53. The van der Waals surface area contributed by atoms with Crippen molar-refractivity contribution < 1.29 is 9.72 Å². The first kappa shape index (κ1) is 22.9. The molecule has 33 heavy (non-hydrogen) atoms. The van der Waals surface area contributed by atoms with Crippen LogP contribution in [0.1, 0.15) is 19.3 Å². The van der Waals surface area contributed by atoms with Crippen LogP contribution in [0.25, 0.3) is 0 Å². The van der Waals surface area contributed by atoms with Crippen LogP contribution in [0.3, 0.4) is 0 Å². The Morgan fingerprint density at radius 3 is 2.39 bits per heavy atom. The molecule has 1 N–H and O–H groups in total. The number of piperazine rings is 1. The van der Waals surface area contributed by atoms with Gasteiger partial charge < -0.3 is 15.1 Å². The van der Waals surface area contributed by atoms with Gasteiger partial charge in [0.25, 0.3) is 5.69 Å². The maximum absolute atomic E-state index is 12.6. The number of nitrogens with one attached hydrogen (secondary N) is 1. The molecule has 176 valence electrons. The zero-order valence-electron chi connectivity index (χ0n) is 18.8. The summed E-state index contributed by atoms with van der Waals surface area (Å²) in [6.07, 6.45) is 5.88. The van der Waals surface area contributed by atoms with Crippen LogP contribution < -0.4 is 15.1 Å². The first-order valence-corrected chi connectivity index (χ1v) is 11.6. The van der Waals surface area contributed by atoms with Crippen molar-refractivity contribution in [1.82, 2.24) is 20.2 Å². The number of nitro groups is 1. The predicted molar refractivity (Wildman–Crippen MR) is 126 cm³/mol. The minimum absolute atomic E-state index is 0.0292. The fraction of sp³-hybridized carbons (Fsp3) is 0.522. The van der Waals surface area contributed by atoms with E-state index in [-0.39, 0.29) is 22.4 Å². The van der Waals surface area contributed by atoms with Gasteiger partial charge in [0.2, 0.25) is 11.9 Å². The van der Waals surface area contributed by atoms with Crippen LogP contribution in [-0.4, -0.2) is 78.1 Å². The van der Waals surface area contributed by atoms with E-state index in [9.17, 15) is 14.9 Å². The Balaban J connectivity index is 1.13. The first-order chi connectivity index (χ1) is 16.1. The quantitative estimate of drug-likeness (QED) is 0.367. The van der Waals surface area contributed by atoms with Gasteiger partial charge in [0.1, 0.15) is 5.69 Å². The van der Waals surface area contributed by atoms with Gasteiger partial charge in [-0.15, -0.1) is 0 Å². The number of aromatic nitrogens is 2. The molecule has 1 amide bonds. The topological polar surface area (TPSA) is 108 Å². The van der Waals surface area contributed by atoms with Crippen molar-refractivity contribution >= 4 is 23.2 Å². The van der Waals surface area contributed by atoms with E-state index in [0.717, 1.165) is 45.1 Å². The number of para-hydroxylation sites is 2. The molecule has 0 aliphatic carbocycles. The third kappa shape index (κ3) is 5.95. The molecule has 2 aliphatic heterocycles. The average molecular weight is 454 g/mol. The summed E-state index contributed by atoms with van der Waals surface area (Å²) in [6, 6.07) is 8.64. The van der Waals surface area contributed by atoms with E-state index in [2.05, 4.69) is 25.1 Å². The number of nitrogens with zero attached hydrogens (tertiary/aromatic N) is 6. The van der Waals surface area contributed by atoms with E-state index in [1.807, 2.05) is 17.0 Å². The minimum Gasteiger partial charge on any atom is -0.366 e. The Bertz CT molecular complexity index is 927. The Morgan fingerprint density at radius 2 is 1.70 bits per heavy atom. The molecule has 1 aromatic heterocycles. The molecule has 3 heterocycles. The molecule has 0 spiro atoms. The second-order valence-electron chi connectivity index (χ2n) is 8.53. The number of hydrogen-bond donors (Lipinski definition) is 1. The normalized spacial score (nSPS) is 17.7. The standard InChI is InChI=1S/C23H31N7O3/c31-22(19-7-13-28(14-8-19)20-5-1-2-6-21(20)30(32)33)24-11-4-12-27-15-17-29(18-16-27)23-25-9-3-10-26-23/h1-3,5-6,9-10,19H,4,7-8,11-18H2,(H,24,31). The highest BCUT2D eigenvalue weighted by Crippen LogP contribution is 2.31. The predicted octanol–water partition coefficient (Wildman–Crippen LogP) is 1.93. The van der Waals surface area contributed by atoms with Crippen molar-refractivity contribution in [1.29, 1.82) is 0 Å². The maximum atomic E-state index is 12.6. The number of amides is 1. The lowest BCUT2D eigenvalue weighted by Gasteiger charge is -2.34. The van der Waals surface area contributed by atoms with E-state index in [0.29, 0.717) is 38.2 Å². The van der Waals surface area contributed by atoms with Gasteiger partial charge in [0.15, 0.2) is 0 Å². The van der Waals surface area contributed by atoms with Crippen molar-refractivity contribution in [3.63, 3.8) is 0 Å².